The fourth-order valence-electron chi connectivity index (χ4n) is 8.96. The number of imidazole rings is 1. The molecule has 1 saturated carbocycles. The van der Waals surface area contributed by atoms with Crippen LogP contribution in [-0.4, -0.2) is 92.7 Å². The molecule has 1 spiro atoms. The normalized spacial score (nSPS) is 25.7. The predicted molar refractivity (Wildman–Crippen MR) is 188 cm³/mol. The number of benzene rings is 1. The number of carbonyl (C=O) groups excluding carboxylic acids is 1. The molecule has 1 N–H and O–H groups in total. The number of rotatable bonds is 7. The maximum Gasteiger partial charge on any atom is 0.238 e. The van der Waals surface area contributed by atoms with E-state index in [1.54, 1.807) is 12.3 Å². The van der Waals surface area contributed by atoms with Crippen LogP contribution < -0.4 is 10.2 Å². The number of likely N-dealkylation sites (tertiary alicyclic amines) is 2. The van der Waals surface area contributed by atoms with Crippen LogP contribution >= 0.6 is 0 Å². The molecule has 1 amide bonds. The van der Waals surface area contributed by atoms with E-state index < -0.39 is 11.2 Å². The first-order chi connectivity index (χ1) is 23.8. The minimum absolute atomic E-state index is 0.134. The Morgan fingerprint density at radius 1 is 1.02 bits per heavy atom. The fraction of sp³-hybridized carbons (Fsp3) is 0.526. The summed E-state index contributed by atoms with van der Waals surface area (Å²) in [5, 5.41) is 3.25. The van der Waals surface area contributed by atoms with Gasteiger partial charge in [0.2, 0.25) is 5.91 Å². The Labute approximate surface area is 286 Å². The fourth-order valence-corrected chi connectivity index (χ4v) is 8.96. The number of fused-ring (bicyclic) bond motifs is 3. The van der Waals surface area contributed by atoms with Gasteiger partial charge in [0, 0.05) is 42.1 Å². The Morgan fingerprint density at radius 2 is 1.84 bits per heavy atom. The Kier molecular flexibility index (Phi) is 7.51. The number of hydrogen-bond donors (Lipinski definition) is 1. The van der Waals surface area contributed by atoms with Gasteiger partial charge in [-0.15, -0.1) is 0 Å². The summed E-state index contributed by atoms with van der Waals surface area (Å²) in [5.41, 5.74) is 5.23. The number of nitrogens with one attached hydrogen (secondary N) is 1. The molecule has 4 fully saturated rings. The number of aromatic nitrogens is 4. The molecule has 256 valence electrons. The van der Waals surface area contributed by atoms with Crippen LogP contribution in [0, 0.1) is 11.7 Å². The van der Waals surface area contributed by atoms with Crippen LogP contribution in [-0.2, 0) is 14.9 Å². The lowest BCUT2D eigenvalue weighted by molar-refractivity contribution is -0.128. The van der Waals surface area contributed by atoms with E-state index >= 15 is 0 Å². The van der Waals surface area contributed by atoms with Crippen LogP contribution in [0.1, 0.15) is 64.5 Å². The van der Waals surface area contributed by atoms with Crippen molar-refractivity contribution in [2.75, 3.05) is 49.6 Å². The molecule has 3 aromatic heterocycles. The van der Waals surface area contributed by atoms with Crippen molar-refractivity contribution in [3.8, 4) is 11.3 Å². The van der Waals surface area contributed by atoms with Crippen molar-refractivity contribution in [2.24, 2.45) is 5.92 Å². The molecule has 1 aromatic carbocycles. The lowest BCUT2D eigenvalue weighted by atomic mass is 9.73. The standard InChI is InChI=1S/C38H45FN8O2/c1-23(2)46-22-41-33-17-32(43-36(35(33)46)42-31-6-10-40-18-30(31)39)25-4-5-29-34(14-25)47(27-15-26(16-27)45-11-7-24(3)19-45)37(48)38(29)8-12-44(13-9-38)28-20-49-21-28/h4-6,10,14,17-18,22-24,26-28H,7-9,11-13,15-16,19-21H2,1-3H3,(H,40,42,43)/t24-,26?,27?/m0/s1. The van der Waals surface area contributed by atoms with Crippen molar-refractivity contribution in [2.45, 2.75) is 82.5 Å². The van der Waals surface area contributed by atoms with Gasteiger partial charge in [-0.05, 0) is 95.3 Å². The first-order valence-corrected chi connectivity index (χ1v) is 18.1. The van der Waals surface area contributed by atoms with E-state index in [4.69, 9.17) is 14.7 Å². The minimum Gasteiger partial charge on any atom is -0.378 e. The number of halogens is 1. The van der Waals surface area contributed by atoms with Gasteiger partial charge in [-0.3, -0.25) is 19.6 Å². The zero-order valence-electron chi connectivity index (χ0n) is 28.6. The summed E-state index contributed by atoms with van der Waals surface area (Å²) in [4.78, 5) is 35.9. The summed E-state index contributed by atoms with van der Waals surface area (Å²) >= 11 is 0. The number of anilines is 3. The third-order valence-corrected chi connectivity index (χ3v) is 12.0. The molecule has 3 saturated heterocycles. The maximum absolute atomic E-state index is 14.8. The predicted octanol–water partition coefficient (Wildman–Crippen LogP) is 5.91. The van der Waals surface area contributed by atoms with E-state index in [-0.39, 0.29) is 18.0 Å². The molecule has 1 aliphatic carbocycles. The molecule has 9 rings (SSSR count). The van der Waals surface area contributed by atoms with Crippen molar-refractivity contribution in [3.63, 3.8) is 0 Å². The molecule has 4 aromatic rings. The first-order valence-electron chi connectivity index (χ1n) is 18.1. The average Bonchev–Trinajstić information content (AvgIpc) is 3.74. The van der Waals surface area contributed by atoms with Gasteiger partial charge in [0.25, 0.3) is 0 Å². The maximum atomic E-state index is 14.8. The van der Waals surface area contributed by atoms with Crippen molar-refractivity contribution >= 4 is 34.1 Å². The topological polar surface area (TPSA) is 91.7 Å². The number of nitrogens with zero attached hydrogens (tertiary/aromatic N) is 7. The summed E-state index contributed by atoms with van der Waals surface area (Å²) in [6, 6.07) is 11.5. The summed E-state index contributed by atoms with van der Waals surface area (Å²) in [6.07, 6.45) is 9.54. The minimum atomic E-state index is -0.499. The number of piperidine rings is 1. The number of amides is 1. The Hall–Kier alpha value is -3.93. The second-order valence-corrected chi connectivity index (χ2v) is 15.3. The Bertz CT molecular complexity index is 1910. The molecule has 49 heavy (non-hydrogen) atoms. The van der Waals surface area contributed by atoms with E-state index in [1.165, 1.54) is 19.2 Å². The van der Waals surface area contributed by atoms with Crippen LogP contribution in [0.4, 0.5) is 21.6 Å². The zero-order chi connectivity index (χ0) is 33.4. The lowest BCUT2D eigenvalue weighted by Gasteiger charge is -2.47. The molecule has 1 atom stereocenters. The molecule has 5 aliphatic rings. The summed E-state index contributed by atoms with van der Waals surface area (Å²) < 4.78 is 22.4. The molecular weight excluding hydrogens is 619 g/mol. The third kappa shape index (κ3) is 5.07. The molecule has 0 bridgehead atoms. The monoisotopic (exact) mass is 664 g/mol. The van der Waals surface area contributed by atoms with Crippen molar-refractivity contribution in [1.29, 1.82) is 0 Å². The first kappa shape index (κ1) is 31.1. The highest BCUT2D eigenvalue weighted by molar-refractivity contribution is 6.09. The number of pyridine rings is 2. The smallest absolute Gasteiger partial charge is 0.238 e. The van der Waals surface area contributed by atoms with Gasteiger partial charge in [0.05, 0.1) is 54.1 Å². The molecular formula is C38H45FN8O2. The van der Waals surface area contributed by atoms with Gasteiger partial charge in [-0.25, -0.2) is 14.4 Å². The van der Waals surface area contributed by atoms with Crippen molar-refractivity contribution in [3.05, 3.63) is 60.4 Å². The molecule has 7 heterocycles. The quantitative estimate of drug-likeness (QED) is 0.261. The molecule has 0 unspecified atom stereocenters. The van der Waals surface area contributed by atoms with E-state index in [1.807, 2.05) is 12.4 Å². The van der Waals surface area contributed by atoms with Crippen LogP contribution in [0.25, 0.3) is 22.3 Å². The lowest BCUT2D eigenvalue weighted by Crippen LogP contribution is -2.59. The molecule has 10 nitrogen and oxygen atoms in total. The highest BCUT2D eigenvalue weighted by Crippen LogP contribution is 2.52. The summed E-state index contributed by atoms with van der Waals surface area (Å²) in [7, 11) is 0. The number of hydrogen-bond acceptors (Lipinski definition) is 8. The molecule has 0 radical (unpaired) electrons. The number of ether oxygens (including phenoxy) is 1. The van der Waals surface area contributed by atoms with Gasteiger partial charge < -0.3 is 19.5 Å². The van der Waals surface area contributed by atoms with Gasteiger partial charge >= 0.3 is 0 Å². The van der Waals surface area contributed by atoms with Gasteiger partial charge in [0.15, 0.2) is 11.6 Å². The van der Waals surface area contributed by atoms with Crippen LogP contribution in [0.3, 0.4) is 0 Å². The van der Waals surface area contributed by atoms with Crippen molar-refractivity contribution in [1.82, 2.24) is 29.3 Å². The number of carbonyl (C=O) groups is 1. The summed E-state index contributed by atoms with van der Waals surface area (Å²) in [6.45, 7) is 12.3. The van der Waals surface area contributed by atoms with Gasteiger partial charge in [-0.1, -0.05) is 19.1 Å². The van der Waals surface area contributed by atoms with Gasteiger partial charge in [-0.2, -0.15) is 0 Å². The largest absolute Gasteiger partial charge is 0.378 e. The second kappa shape index (κ2) is 11.8. The third-order valence-electron chi connectivity index (χ3n) is 12.0. The van der Waals surface area contributed by atoms with Gasteiger partial charge in [0.1, 0.15) is 5.52 Å². The highest BCUT2D eigenvalue weighted by atomic mass is 19.1. The average molecular weight is 665 g/mol. The van der Waals surface area contributed by atoms with E-state index in [0.717, 1.165) is 98.0 Å². The van der Waals surface area contributed by atoms with Crippen LogP contribution in [0.15, 0.2) is 49.1 Å². The molecule has 4 aliphatic heterocycles. The van der Waals surface area contributed by atoms with Crippen LogP contribution in [0.5, 0.6) is 0 Å². The van der Waals surface area contributed by atoms with E-state index in [0.29, 0.717) is 23.6 Å². The van der Waals surface area contributed by atoms with Crippen molar-refractivity contribution < 1.29 is 13.9 Å². The Morgan fingerprint density at radius 3 is 2.53 bits per heavy atom. The highest BCUT2D eigenvalue weighted by Gasteiger charge is 2.56. The Balaban J connectivity index is 1.10. The van der Waals surface area contributed by atoms with E-state index in [2.05, 4.69) is 68.5 Å². The zero-order valence-corrected chi connectivity index (χ0v) is 28.6. The van der Waals surface area contributed by atoms with Crippen LogP contribution in [0.2, 0.25) is 0 Å². The molecule has 11 heteroatoms. The van der Waals surface area contributed by atoms with E-state index in [9.17, 15) is 9.18 Å². The SMILES string of the molecule is CC(C)n1cnc2cc(-c3ccc4c(c3)N(C3CC(N5CC[C@H](C)C5)C3)C(=O)C43CCN(C4COC4)CC3)nc(Nc3ccncc3F)c21. The summed E-state index contributed by atoms with van der Waals surface area (Å²) in [5.74, 6) is 1.10. The second-order valence-electron chi connectivity index (χ2n) is 15.3.